The molecule has 17 heavy (non-hydrogen) atoms. The Bertz CT molecular complexity index is 313. The van der Waals surface area contributed by atoms with Gasteiger partial charge in [0, 0.05) is 6.61 Å². The standard InChI is InChI=1S/C16H28O/c1-6-12(10-17)7-11(2)14-8-13-9-16(13,5)15(14,3)4/h12-14,17H,2,6-10H2,1,3-5H3/t12?,13-,14-,16+/m1/s1. The molecule has 2 aliphatic rings. The Morgan fingerprint density at radius 1 is 1.41 bits per heavy atom. The van der Waals surface area contributed by atoms with Crippen molar-refractivity contribution in [3.05, 3.63) is 12.2 Å². The molecule has 1 N–H and O–H groups in total. The molecule has 0 saturated heterocycles. The molecule has 1 heteroatoms. The van der Waals surface area contributed by atoms with Crippen molar-refractivity contribution in [3.63, 3.8) is 0 Å². The lowest BCUT2D eigenvalue weighted by atomic mass is 9.68. The molecule has 0 aromatic carbocycles. The van der Waals surface area contributed by atoms with E-state index in [-0.39, 0.29) is 0 Å². The molecule has 2 rings (SSSR count). The molecule has 0 aromatic rings. The fourth-order valence-electron chi connectivity index (χ4n) is 4.09. The van der Waals surface area contributed by atoms with Crippen LogP contribution in [0.15, 0.2) is 12.2 Å². The Hall–Kier alpha value is -0.300. The first-order valence-electron chi connectivity index (χ1n) is 7.15. The molecule has 0 bridgehead atoms. The highest BCUT2D eigenvalue weighted by Crippen LogP contribution is 2.75. The van der Waals surface area contributed by atoms with Crippen molar-refractivity contribution >= 4 is 0 Å². The maximum Gasteiger partial charge on any atom is 0.0462 e. The molecule has 1 nitrogen and oxygen atoms in total. The van der Waals surface area contributed by atoms with Crippen LogP contribution in [0.5, 0.6) is 0 Å². The van der Waals surface area contributed by atoms with Crippen molar-refractivity contribution in [2.45, 2.75) is 53.4 Å². The lowest BCUT2D eigenvalue weighted by molar-refractivity contribution is 0.161. The molecule has 1 unspecified atom stereocenters. The lowest BCUT2D eigenvalue weighted by Crippen LogP contribution is -2.29. The summed E-state index contributed by atoms with van der Waals surface area (Å²) in [5, 5.41) is 9.32. The summed E-state index contributed by atoms with van der Waals surface area (Å²) in [7, 11) is 0. The highest BCUT2D eigenvalue weighted by Gasteiger charge is 2.67. The molecule has 0 amide bonds. The molecule has 0 radical (unpaired) electrons. The lowest BCUT2D eigenvalue weighted by Gasteiger charge is -2.37. The number of aliphatic hydroxyl groups is 1. The van der Waals surface area contributed by atoms with E-state index in [0.717, 1.165) is 18.8 Å². The molecule has 2 fully saturated rings. The van der Waals surface area contributed by atoms with Crippen LogP contribution in [-0.2, 0) is 0 Å². The maximum atomic E-state index is 9.32. The van der Waals surface area contributed by atoms with Crippen molar-refractivity contribution < 1.29 is 5.11 Å². The Balaban J connectivity index is 2.02. The van der Waals surface area contributed by atoms with Crippen LogP contribution in [-0.4, -0.2) is 11.7 Å². The second-order valence-electron chi connectivity index (χ2n) is 7.15. The van der Waals surface area contributed by atoms with Crippen molar-refractivity contribution in [3.8, 4) is 0 Å². The molecule has 0 spiro atoms. The van der Waals surface area contributed by atoms with E-state index in [9.17, 15) is 5.11 Å². The van der Waals surface area contributed by atoms with Crippen LogP contribution in [0.4, 0.5) is 0 Å². The predicted molar refractivity (Wildman–Crippen MR) is 72.7 cm³/mol. The number of aliphatic hydroxyl groups excluding tert-OH is 1. The number of rotatable bonds is 5. The van der Waals surface area contributed by atoms with Gasteiger partial charge in [-0.1, -0.05) is 46.3 Å². The maximum absolute atomic E-state index is 9.32. The van der Waals surface area contributed by atoms with E-state index in [4.69, 9.17) is 0 Å². The highest BCUT2D eigenvalue weighted by atomic mass is 16.3. The Morgan fingerprint density at radius 2 is 2.06 bits per heavy atom. The topological polar surface area (TPSA) is 20.2 Å². The minimum atomic E-state index is 0.309. The van der Waals surface area contributed by atoms with Crippen molar-refractivity contribution in [1.29, 1.82) is 0 Å². The average Bonchev–Trinajstić information content (AvgIpc) is 2.90. The van der Waals surface area contributed by atoms with E-state index in [1.807, 2.05) is 0 Å². The average molecular weight is 236 g/mol. The summed E-state index contributed by atoms with van der Waals surface area (Å²) in [6.07, 6.45) is 4.83. The van der Waals surface area contributed by atoms with E-state index in [0.29, 0.717) is 29.3 Å². The molecule has 0 aromatic heterocycles. The van der Waals surface area contributed by atoms with Gasteiger partial charge >= 0.3 is 0 Å². The van der Waals surface area contributed by atoms with Crippen molar-refractivity contribution in [2.75, 3.05) is 6.61 Å². The molecule has 2 aliphatic carbocycles. The van der Waals surface area contributed by atoms with Crippen molar-refractivity contribution in [2.24, 2.45) is 28.6 Å². The third-order valence-corrected chi connectivity index (χ3v) is 6.15. The van der Waals surface area contributed by atoms with Gasteiger partial charge in [0.2, 0.25) is 0 Å². The fraction of sp³-hybridized carbons (Fsp3) is 0.875. The normalized spacial score (nSPS) is 39.8. The van der Waals surface area contributed by atoms with Crippen LogP contribution >= 0.6 is 0 Å². The summed E-state index contributed by atoms with van der Waals surface area (Å²) in [5.74, 6) is 2.03. The Kier molecular flexibility index (Phi) is 3.18. The summed E-state index contributed by atoms with van der Waals surface area (Å²) in [5.41, 5.74) is 2.37. The van der Waals surface area contributed by atoms with Crippen LogP contribution in [0.1, 0.15) is 53.4 Å². The minimum Gasteiger partial charge on any atom is -0.396 e. The molecule has 98 valence electrons. The van der Waals surface area contributed by atoms with Crippen LogP contribution < -0.4 is 0 Å². The summed E-state index contributed by atoms with van der Waals surface area (Å²) < 4.78 is 0. The van der Waals surface area contributed by atoms with Gasteiger partial charge in [-0.25, -0.2) is 0 Å². The largest absolute Gasteiger partial charge is 0.396 e. The molecule has 2 saturated carbocycles. The third kappa shape index (κ3) is 1.87. The zero-order valence-corrected chi connectivity index (χ0v) is 11.9. The summed E-state index contributed by atoms with van der Waals surface area (Å²) in [4.78, 5) is 0. The van der Waals surface area contributed by atoms with Gasteiger partial charge in [-0.3, -0.25) is 0 Å². The van der Waals surface area contributed by atoms with Gasteiger partial charge < -0.3 is 5.11 Å². The quantitative estimate of drug-likeness (QED) is 0.715. The highest BCUT2D eigenvalue weighted by molar-refractivity contribution is 5.23. The van der Waals surface area contributed by atoms with Gasteiger partial charge in [0.25, 0.3) is 0 Å². The van der Waals surface area contributed by atoms with Crippen LogP contribution in [0.3, 0.4) is 0 Å². The number of hydrogen-bond acceptors (Lipinski definition) is 1. The van der Waals surface area contributed by atoms with Gasteiger partial charge in [-0.15, -0.1) is 0 Å². The first-order valence-corrected chi connectivity index (χ1v) is 7.15. The van der Waals surface area contributed by atoms with Gasteiger partial charge in [0.05, 0.1) is 0 Å². The fourth-order valence-corrected chi connectivity index (χ4v) is 4.09. The molecule has 0 heterocycles. The Labute approximate surface area is 106 Å². The SMILES string of the molecule is C=C(CC(CC)CO)[C@H]1C[C@@H]2C[C@]2(C)C1(C)C. The zero-order chi connectivity index (χ0) is 12.8. The zero-order valence-electron chi connectivity index (χ0n) is 11.9. The predicted octanol–water partition coefficient (Wildman–Crippen LogP) is 4.02. The minimum absolute atomic E-state index is 0.309. The van der Waals surface area contributed by atoms with Gasteiger partial charge in [0.1, 0.15) is 0 Å². The van der Waals surface area contributed by atoms with Gasteiger partial charge in [-0.2, -0.15) is 0 Å². The van der Waals surface area contributed by atoms with Crippen LogP contribution in [0.2, 0.25) is 0 Å². The molecular weight excluding hydrogens is 208 g/mol. The number of hydrogen-bond donors (Lipinski definition) is 1. The first-order chi connectivity index (χ1) is 7.86. The van der Waals surface area contributed by atoms with Gasteiger partial charge in [0.15, 0.2) is 0 Å². The van der Waals surface area contributed by atoms with Crippen molar-refractivity contribution in [1.82, 2.24) is 0 Å². The summed E-state index contributed by atoms with van der Waals surface area (Å²) in [6, 6.07) is 0. The summed E-state index contributed by atoms with van der Waals surface area (Å²) >= 11 is 0. The molecule has 0 aliphatic heterocycles. The van der Waals surface area contributed by atoms with Gasteiger partial charge in [-0.05, 0) is 47.8 Å². The third-order valence-electron chi connectivity index (χ3n) is 6.15. The number of fused-ring (bicyclic) bond motifs is 1. The second kappa shape index (κ2) is 4.12. The smallest absolute Gasteiger partial charge is 0.0462 e. The van der Waals surface area contributed by atoms with E-state index >= 15 is 0 Å². The van der Waals surface area contributed by atoms with E-state index in [1.54, 1.807) is 0 Å². The van der Waals surface area contributed by atoms with E-state index < -0.39 is 0 Å². The van der Waals surface area contributed by atoms with E-state index in [2.05, 4.69) is 34.3 Å². The van der Waals surface area contributed by atoms with E-state index in [1.165, 1.54) is 18.4 Å². The monoisotopic (exact) mass is 236 g/mol. The summed E-state index contributed by atoms with van der Waals surface area (Å²) in [6.45, 7) is 14.1. The van der Waals surface area contributed by atoms with Crippen LogP contribution in [0.25, 0.3) is 0 Å². The molecular formula is C16H28O. The first kappa shape index (κ1) is 13.1. The molecule has 4 atom stereocenters. The van der Waals surface area contributed by atoms with Crippen LogP contribution in [0, 0.1) is 28.6 Å². The second-order valence-corrected chi connectivity index (χ2v) is 7.15. The Morgan fingerprint density at radius 3 is 2.47 bits per heavy atom. The number of allylic oxidation sites excluding steroid dienone is 1.